The first-order valence-electron chi connectivity index (χ1n) is 7.01. The summed E-state index contributed by atoms with van der Waals surface area (Å²) in [5.74, 6) is 0.126. The molecular formula is C16H22N2O2. The van der Waals surface area contributed by atoms with Gasteiger partial charge in [-0.1, -0.05) is 39.0 Å². The summed E-state index contributed by atoms with van der Waals surface area (Å²) in [5, 5.41) is 3.27. The van der Waals surface area contributed by atoms with Crippen molar-refractivity contribution < 1.29 is 9.59 Å². The number of carbonyl (C=O) groups excluding carboxylic acids is 2. The fourth-order valence-corrected chi connectivity index (χ4v) is 2.14. The third kappa shape index (κ3) is 3.38. The molecule has 0 unspecified atom stereocenters. The van der Waals surface area contributed by atoms with Gasteiger partial charge in [-0.05, 0) is 11.6 Å². The van der Waals surface area contributed by atoms with Gasteiger partial charge in [0.05, 0.1) is 6.54 Å². The van der Waals surface area contributed by atoms with Gasteiger partial charge in [-0.2, -0.15) is 0 Å². The molecule has 20 heavy (non-hydrogen) atoms. The van der Waals surface area contributed by atoms with Gasteiger partial charge in [0.1, 0.15) is 0 Å². The van der Waals surface area contributed by atoms with Crippen LogP contribution in [0.4, 0.5) is 5.69 Å². The maximum absolute atomic E-state index is 12.2. The Morgan fingerprint density at radius 3 is 2.70 bits per heavy atom. The predicted octanol–water partition coefficient (Wildman–Crippen LogP) is 2.45. The van der Waals surface area contributed by atoms with Crippen LogP contribution >= 0.6 is 0 Å². The maximum Gasteiger partial charge on any atom is 0.225 e. The quantitative estimate of drug-likeness (QED) is 0.901. The normalized spacial score (nSPS) is 15.9. The first kappa shape index (κ1) is 14.6. The number of nitrogens with one attached hydrogen (secondary N) is 1. The van der Waals surface area contributed by atoms with Crippen LogP contribution in [-0.4, -0.2) is 29.7 Å². The van der Waals surface area contributed by atoms with Gasteiger partial charge < -0.3 is 10.2 Å². The number of amides is 1. The third-order valence-electron chi connectivity index (χ3n) is 3.56. The van der Waals surface area contributed by atoms with Gasteiger partial charge in [0.25, 0.3) is 0 Å². The number of nitrogens with zero attached hydrogens (tertiary/aromatic N) is 1. The molecule has 0 fully saturated rings. The van der Waals surface area contributed by atoms with Crippen LogP contribution in [-0.2, 0) is 16.1 Å². The van der Waals surface area contributed by atoms with Crippen LogP contribution in [0.1, 0.15) is 32.8 Å². The summed E-state index contributed by atoms with van der Waals surface area (Å²) < 4.78 is 0. The molecule has 1 amide bonds. The smallest absolute Gasteiger partial charge is 0.225 e. The van der Waals surface area contributed by atoms with Crippen molar-refractivity contribution in [1.29, 1.82) is 0 Å². The summed E-state index contributed by atoms with van der Waals surface area (Å²) in [4.78, 5) is 26.0. The lowest BCUT2D eigenvalue weighted by molar-refractivity contribution is -0.138. The summed E-state index contributed by atoms with van der Waals surface area (Å²) in [5.41, 5.74) is 1.69. The van der Waals surface area contributed by atoms with E-state index < -0.39 is 5.41 Å². The molecule has 1 aliphatic heterocycles. The van der Waals surface area contributed by atoms with Crippen LogP contribution in [0, 0.1) is 5.41 Å². The first-order chi connectivity index (χ1) is 9.38. The zero-order valence-corrected chi connectivity index (χ0v) is 12.4. The zero-order valence-electron chi connectivity index (χ0n) is 12.4. The second-order valence-electron chi connectivity index (χ2n) is 6.26. The SMILES string of the molecule is CC(C)(C)C(=O)CN1Cc2ccccc2NCCC1=O. The largest absolute Gasteiger partial charge is 0.384 e. The van der Waals surface area contributed by atoms with Gasteiger partial charge in [0.2, 0.25) is 5.91 Å². The maximum atomic E-state index is 12.2. The molecule has 1 aromatic rings. The minimum Gasteiger partial charge on any atom is -0.384 e. The van der Waals surface area contributed by atoms with E-state index in [-0.39, 0.29) is 18.2 Å². The van der Waals surface area contributed by atoms with Crippen molar-refractivity contribution >= 4 is 17.4 Å². The molecule has 2 rings (SSSR count). The van der Waals surface area contributed by atoms with E-state index in [1.165, 1.54) is 0 Å². The fourth-order valence-electron chi connectivity index (χ4n) is 2.14. The van der Waals surface area contributed by atoms with Crippen LogP contribution in [0.15, 0.2) is 24.3 Å². The van der Waals surface area contributed by atoms with Crippen LogP contribution in [0.3, 0.4) is 0 Å². The van der Waals surface area contributed by atoms with Crippen molar-refractivity contribution in [2.75, 3.05) is 18.4 Å². The average Bonchev–Trinajstić information content (AvgIpc) is 2.36. The number of hydrogen-bond donors (Lipinski definition) is 1. The van der Waals surface area contributed by atoms with Crippen molar-refractivity contribution in [3.05, 3.63) is 29.8 Å². The summed E-state index contributed by atoms with van der Waals surface area (Å²) >= 11 is 0. The predicted molar refractivity (Wildman–Crippen MR) is 79.4 cm³/mol. The zero-order chi connectivity index (χ0) is 14.8. The van der Waals surface area contributed by atoms with Gasteiger partial charge in [-0.3, -0.25) is 9.59 Å². The number of Topliss-reactive ketones (excluding diaryl/α,β-unsaturated/α-hetero) is 1. The average molecular weight is 274 g/mol. The Balaban J connectivity index is 2.20. The molecule has 4 nitrogen and oxygen atoms in total. The molecular weight excluding hydrogens is 252 g/mol. The Morgan fingerprint density at radius 1 is 1.30 bits per heavy atom. The molecule has 0 saturated heterocycles. The van der Waals surface area contributed by atoms with Crippen molar-refractivity contribution in [2.45, 2.75) is 33.7 Å². The molecule has 0 bridgehead atoms. The van der Waals surface area contributed by atoms with Gasteiger partial charge in [-0.15, -0.1) is 0 Å². The van der Waals surface area contributed by atoms with E-state index in [9.17, 15) is 9.59 Å². The fraction of sp³-hybridized carbons (Fsp3) is 0.500. The number of benzene rings is 1. The van der Waals surface area contributed by atoms with Gasteiger partial charge in [-0.25, -0.2) is 0 Å². The molecule has 1 heterocycles. The number of rotatable bonds is 2. The minimum atomic E-state index is -0.416. The lowest BCUT2D eigenvalue weighted by Gasteiger charge is -2.29. The number of hydrogen-bond acceptors (Lipinski definition) is 3. The Hall–Kier alpha value is -1.84. The second kappa shape index (κ2) is 5.65. The number of para-hydroxylation sites is 1. The summed E-state index contributed by atoms with van der Waals surface area (Å²) in [7, 11) is 0. The molecule has 1 N–H and O–H groups in total. The van der Waals surface area contributed by atoms with E-state index in [1.54, 1.807) is 4.90 Å². The minimum absolute atomic E-state index is 0.0320. The van der Waals surface area contributed by atoms with E-state index in [0.29, 0.717) is 19.5 Å². The highest BCUT2D eigenvalue weighted by atomic mass is 16.2. The highest BCUT2D eigenvalue weighted by molar-refractivity contribution is 5.89. The number of anilines is 1. The van der Waals surface area contributed by atoms with Crippen molar-refractivity contribution in [2.24, 2.45) is 5.41 Å². The Morgan fingerprint density at radius 2 is 2.00 bits per heavy atom. The molecule has 0 atom stereocenters. The third-order valence-corrected chi connectivity index (χ3v) is 3.56. The number of carbonyl (C=O) groups is 2. The standard InChI is InChI=1S/C16H22N2O2/c1-16(2,3)14(19)11-18-10-12-6-4-5-7-13(12)17-9-8-15(18)20/h4-7,17H,8-11H2,1-3H3. The molecule has 0 radical (unpaired) electrons. The van der Waals surface area contributed by atoms with E-state index in [1.807, 2.05) is 45.0 Å². The highest BCUT2D eigenvalue weighted by Gasteiger charge is 2.26. The van der Waals surface area contributed by atoms with Crippen molar-refractivity contribution in [1.82, 2.24) is 4.90 Å². The molecule has 0 aliphatic carbocycles. The van der Waals surface area contributed by atoms with Gasteiger partial charge in [0, 0.05) is 30.6 Å². The molecule has 1 aromatic carbocycles. The van der Waals surface area contributed by atoms with Gasteiger partial charge >= 0.3 is 0 Å². The summed E-state index contributed by atoms with van der Waals surface area (Å²) in [6, 6.07) is 7.93. The van der Waals surface area contributed by atoms with Crippen LogP contribution in [0.2, 0.25) is 0 Å². The van der Waals surface area contributed by atoms with E-state index >= 15 is 0 Å². The lowest BCUT2D eigenvalue weighted by Crippen LogP contribution is -2.40. The Labute approximate surface area is 120 Å². The van der Waals surface area contributed by atoms with Crippen LogP contribution < -0.4 is 5.32 Å². The Bertz CT molecular complexity index is 517. The molecule has 4 heteroatoms. The Kier molecular flexibility index (Phi) is 4.12. The molecule has 0 aromatic heterocycles. The number of ketones is 1. The van der Waals surface area contributed by atoms with Crippen molar-refractivity contribution in [3.8, 4) is 0 Å². The molecule has 108 valence electrons. The van der Waals surface area contributed by atoms with E-state index in [0.717, 1.165) is 11.3 Å². The van der Waals surface area contributed by atoms with E-state index in [2.05, 4.69) is 5.32 Å². The van der Waals surface area contributed by atoms with E-state index in [4.69, 9.17) is 0 Å². The first-order valence-corrected chi connectivity index (χ1v) is 7.01. The van der Waals surface area contributed by atoms with Crippen molar-refractivity contribution in [3.63, 3.8) is 0 Å². The van der Waals surface area contributed by atoms with Crippen LogP contribution in [0.25, 0.3) is 0 Å². The van der Waals surface area contributed by atoms with Gasteiger partial charge in [0.15, 0.2) is 5.78 Å². The highest BCUT2D eigenvalue weighted by Crippen LogP contribution is 2.22. The molecule has 0 spiro atoms. The molecule has 0 saturated carbocycles. The summed E-state index contributed by atoms with van der Waals surface area (Å²) in [6.45, 7) is 6.95. The van der Waals surface area contributed by atoms with Crippen LogP contribution in [0.5, 0.6) is 0 Å². The number of fused-ring (bicyclic) bond motifs is 1. The summed E-state index contributed by atoms with van der Waals surface area (Å²) in [6.07, 6.45) is 0.422. The second-order valence-corrected chi connectivity index (χ2v) is 6.26. The topological polar surface area (TPSA) is 49.4 Å². The molecule has 1 aliphatic rings. The lowest BCUT2D eigenvalue weighted by atomic mass is 9.90. The monoisotopic (exact) mass is 274 g/mol.